The molecule has 0 radical (unpaired) electrons. The number of halogens is 1. The molecule has 2 atom stereocenters. The van der Waals surface area contributed by atoms with Gasteiger partial charge in [-0.1, -0.05) is 6.92 Å². The second-order valence-corrected chi connectivity index (χ2v) is 7.40. The summed E-state index contributed by atoms with van der Waals surface area (Å²) in [6.45, 7) is 8.88. The van der Waals surface area contributed by atoms with Crippen LogP contribution in [0.15, 0.2) is 24.3 Å². The Kier molecular flexibility index (Phi) is 6.08. The van der Waals surface area contributed by atoms with Crippen LogP contribution < -0.4 is 4.74 Å². The predicted molar refractivity (Wildman–Crippen MR) is 91.6 cm³/mol. The first-order chi connectivity index (χ1) is 11.3. The van der Waals surface area contributed by atoms with Crippen molar-refractivity contribution < 1.29 is 18.7 Å². The lowest BCUT2D eigenvalue weighted by Gasteiger charge is -2.39. The van der Waals surface area contributed by atoms with Crippen molar-refractivity contribution in [2.75, 3.05) is 13.2 Å². The minimum absolute atomic E-state index is 0.224. The molecule has 24 heavy (non-hydrogen) atoms. The van der Waals surface area contributed by atoms with Crippen LogP contribution in [0.1, 0.15) is 47.0 Å². The third-order valence-corrected chi connectivity index (χ3v) is 4.20. The third-order valence-electron chi connectivity index (χ3n) is 4.20. The first-order valence-corrected chi connectivity index (χ1v) is 8.66. The van der Waals surface area contributed by atoms with Gasteiger partial charge in [0.15, 0.2) is 0 Å². The molecule has 134 valence electrons. The number of ether oxygens (including phenoxy) is 2. The number of piperidine rings is 1. The molecule has 4 nitrogen and oxygen atoms in total. The lowest BCUT2D eigenvalue weighted by atomic mass is 9.92. The summed E-state index contributed by atoms with van der Waals surface area (Å²) in [5, 5.41) is 0. The van der Waals surface area contributed by atoms with Gasteiger partial charge in [-0.3, -0.25) is 0 Å². The number of likely N-dealkylation sites (tertiary alicyclic amines) is 1. The monoisotopic (exact) mass is 337 g/mol. The maximum absolute atomic E-state index is 12.9. The number of carbonyl (C=O) groups is 1. The minimum Gasteiger partial charge on any atom is -0.493 e. The fourth-order valence-electron chi connectivity index (χ4n) is 2.95. The summed E-state index contributed by atoms with van der Waals surface area (Å²) in [6, 6.07) is 6.24. The van der Waals surface area contributed by atoms with Crippen LogP contribution in [0.4, 0.5) is 9.18 Å². The number of nitrogens with zero attached hydrogens (tertiary/aromatic N) is 1. The van der Waals surface area contributed by atoms with Gasteiger partial charge in [-0.2, -0.15) is 0 Å². The van der Waals surface area contributed by atoms with Gasteiger partial charge in [0, 0.05) is 18.5 Å². The molecule has 1 aromatic carbocycles. The molecule has 1 heterocycles. The highest BCUT2D eigenvalue weighted by Gasteiger charge is 2.33. The van der Waals surface area contributed by atoms with Crippen molar-refractivity contribution in [3.63, 3.8) is 0 Å². The van der Waals surface area contributed by atoms with Crippen LogP contribution in [0.25, 0.3) is 0 Å². The van der Waals surface area contributed by atoms with Gasteiger partial charge in [0.1, 0.15) is 17.2 Å². The van der Waals surface area contributed by atoms with Crippen LogP contribution in [-0.2, 0) is 4.74 Å². The normalized spacial score (nSPS) is 21.5. The molecule has 2 rings (SSSR count). The molecule has 5 heteroatoms. The van der Waals surface area contributed by atoms with Gasteiger partial charge in [-0.15, -0.1) is 0 Å². The van der Waals surface area contributed by atoms with E-state index in [2.05, 4.69) is 6.92 Å². The molecule has 0 N–H and O–H groups in total. The zero-order valence-electron chi connectivity index (χ0n) is 15.0. The lowest BCUT2D eigenvalue weighted by Crippen LogP contribution is -2.49. The lowest BCUT2D eigenvalue weighted by molar-refractivity contribution is -0.00109. The number of carbonyl (C=O) groups excluding carboxylic acids is 1. The summed E-state index contributed by atoms with van der Waals surface area (Å²) in [6.07, 6.45) is 2.64. The minimum atomic E-state index is -0.493. The highest BCUT2D eigenvalue weighted by Crippen LogP contribution is 2.26. The van der Waals surface area contributed by atoms with Crippen molar-refractivity contribution in [3.05, 3.63) is 30.1 Å². The number of benzene rings is 1. The van der Waals surface area contributed by atoms with Crippen molar-refractivity contribution in [2.24, 2.45) is 5.92 Å². The Morgan fingerprint density at radius 2 is 1.92 bits per heavy atom. The SMILES string of the molecule is CCC1CC[C@H](COc2ccc(F)cc2)CN1C(=O)OC(C)(C)C. The topological polar surface area (TPSA) is 38.8 Å². The van der Waals surface area contributed by atoms with E-state index in [0.717, 1.165) is 19.3 Å². The maximum Gasteiger partial charge on any atom is 0.410 e. The summed E-state index contributed by atoms with van der Waals surface area (Å²) in [4.78, 5) is 14.3. The molecular weight excluding hydrogens is 309 g/mol. The van der Waals surface area contributed by atoms with Gasteiger partial charge in [0.2, 0.25) is 0 Å². The van der Waals surface area contributed by atoms with E-state index in [0.29, 0.717) is 18.9 Å². The van der Waals surface area contributed by atoms with Crippen LogP contribution >= 0.6 is 0 Å². The van der Waals surface area contributed by atoms with E-state index in [1.54, 1.807) is 12.1 Å². The van der Waals surface area contributed by atoms with Crippen molar-refractivity contribution in [1.29, 1.82) is 0 Å². The smallest absolute Gasteiger partial charge is 0.410 e. The fourth-order valence-corrected chi connectivity index (χ4v) is 2.95. The quantitative estimate of drug-likeness (QED) is 0.804. The first-order valence-electron chi connectivity index (χ1n) is 8.66. The molecule has 1 aromatic rings. The summed E-state index contributed by atoms with van der Waals surface area (Å²) in [7, 11) is 0. The van der Waals surface area contributed by atoms with E-state index in [-0.39, 0.29) is 23.9 Å². The van der Waals surface area contributed by atoms with Crippen molar-refractivity contribution in [1.82, 2.24) is 4.90 Å². The predicted octanol–water partition coefficient (Wildman–Crippen LogP) is 4.63. The average Bonchev–Trinajstić information content (AvgIpc) is 2.52. The van der Waals surface area contributed by atoms with E-state index in [1.807, 2.05) is 25.7 Å². The van der Waals surface area contributed by atoms with Gasteiger partial charge in [-0.25, -0.2) is 9.18 Å². The van der Waals surface area contributed by atoms with E-state index in [9.17, 15) is 9.18 Å². The molecular formula is C19H28FNO3. The van der Waals surface area contributed by atoms with E-state index < -0.39 is 5.60 Å². The number of rotatable bonds is 4. The highest BCUT2D eigenvalue weighted by molar-refractivity contribution is 5.68. The molecule has 1 aliphatic heterocycles. The van der Waals surface area contributed by atoms with E-state index >= 15 is 0 Å². The number of hydrogen-bond acceptors (Lipinski definition) is 3. The summed E-state index contributed by atoms with van der Waals surface area (Å²) < 4.78 is 24.2. The van der Waals surface area contributed by atoms with Crippen molar-refractivity contribution >= 4 is 6.09 Å². The van der Waals surface area contributed by atoms with E-state index in [1.165, 1.54) is 12.1 Å². The number of hydrogen-bond donors (Lipinski definition) is 0. The van der Waals surface area contributed by atoms with Crippen LogP contribution in [-0.4, -0.2) is 35.8 Å². The van der Waals surface area contributed by atoms with Crippen LogP contribution in [0, 0.1) is 11.7 Å². The molecule has 1 unspecified atom stereocenters. The Labute approximate surface area is 143 Å². The first kappa shape index (κ1) is 18.6. The molecule has 1 aliphatic rings. The summed E-state index contributed by atoms with van der Waals surface area (Å²) in [5.41, 5.74) is -0.493. The molecule has 1 amide bonds. The Bertz CT molecular complexity index is 539. The standard InChI is InChI=1S/C19H28FNO3/c1-5-16-9-6-14(12-21(16)18(22)24-19(2,3)4)13-23-17-10-7-15(20)8-11-17/h7-8,10-11,14,16H,5-6,9,12-13H2,1-4H3/t14-,16?/m0/s1. The molecule has 1 saturated heterocycles. The molecule has 0 aliphatic carbocycles. The Hall–Kier alpha value is -1.78. The van der Waals surface area contributed by atoms with Gasteiger partial charge in [0.25, 0.3) is 0 Å². The fraction of sp³-hybridized carbons (Fsp3) is 0.632. The molecule has 0 saturated carbocycles. The van der Waals surface area contributed by atoms with Gasteiger partial charge >= 0.3 is 6.09 Å². The zero-order chi connectivity index (χ0) is 17.7. The Morgan fingerprint density at radius 1 is 1.25 bits per heavy atom. The van der Waals surface area contributed by atoms with Gasteiger partial charge < -0.3 is 14.4 Å². The summed E-state index contributed by atoms with van der Waals surface area (Å²) in [5.74, 6) is 0.630. The van der Waals surface area contributed by atoms with Crippen molar-refractivity contribution in [3.8, 4) is 5.75 Å². The van der Waals surface area contributed by atoms with E-state index in [4.69, 9.17) is 9.47 Å². The van der Waals surface area contributed by atoms with Crippen LogP contribution in [0.3, 0.4) is 0 Å². The van der Waals surface area contributed by atoms with Gasteiger partial charge in [0.05, 0.1) is 6.61 Å². The Morgan fingerprint density at radius 3 is 2.50 bits per heavy atom. The maximum atomic E-state index is 12.9. The zero-order valence-corrected chi connectivity index (χ0v) is 15.0. The van der Waals surface area contributed by atoms with Crippen LogP contribution in [0.2, 0.25) is 0 Å². The second-order valence-electron chi connectivity index (χ2n) is 7.40. The highest BCUT2D eigenvalue weighted by atomic mass is 19.1. The van der Waals surface area contributed by atoms with Gasteiger partial charge in [-0.05, 0) is 64.3 Å². The largest absolute Gasteiger partial charge is 0.493 e. The third kappa shape index (κ3) is 5.39. The molecule has 0 aromatic heterocycles. The molecule has 0 bridgehead atoms. The molecule has 1 fully saturated rings. The Balaban J connectivity index is 1.93. The van der Waals surface area contributed by atoms with Crippen molar-refractivity contribution in [2.45, 2.75) is 58.6 Å². The molecule has 0 spiro atoms. The second kappa shape index (κ2) is 7.86. The van der Waals surface area contributed by atoms with Crippen LogP contribution in [0.5, 0.6) is 5.75 Å². The average molecular weight is 337 g/mol. The summed E-state index contributed by atoms with van der Waals surface area (Å²) >= 11 is 0. The number of amides is 1.